The summed E-state index contributed by atoms with van der Waals surface area (Å²) in [4.78, 5) is 0. The minimum Gasteiger partial charge on any atom is -0.423 e. The van der Waals surface area contributed by atoms with E-state index in [0.717, 1.165) is 10.1 Å². The van der Waals surface area contributed by atoms with Crippen molar-refractivity contribution in [2.45, 2.75) is 0 Å². The van der Waals surface area contributed by atoms with Gasteiger partial charge in [0.15, 0.2) is 0 Å². The highest BCUT2D eigenvalue weighted by Crippen LogP contribution is 2.39. The minimum atomic E-state index is -1.44. The zero-order chi connectivity index (χ0) is 19.1. The van der Waals surface area contributed by atoms with Crippen LogP contribution in [0.4, 0.5) is 0 Å². The van der Waals surface area contributed by atoms with Crippen LogP contribution in [0, 0.1) is 0 Å². The molecule has 2 nitrogen and oxygen atoms in total. The maximum Gasteiger partial charge on any atom is 0.488 e. The number of hydrogen-bond acceptors (Lipinski definition) is 3. The zero-order valence-electron chi connectivity index (χ0n) is 15.0. The van der Waals surface area contributed by atoms with Crippen molar-refractivity contribution in [2.24, 2.45) is 0 Å². The van der Waals surface area contributed by atoms with Gasteiger partial charge in [-0.1, -0.05) is 78.9 Å². The Balaban J connectivity index is 1.65. The standard InChI is InChI=1S/C24H17BO2S/c26-25(27)19-13-14-21-23(15-19)28-22-8-4-7-20(24(21)22)18-11-9-17(10-12-18)16-5-2-1-3-6-16/h1-15,26-27H. The Hall–Kier alpha value is -2.92. The van der Waals surface area contributed by atoms with Crippen molar-refractivity contribution in [1.29, 1.82) is 0 Å². The summed E-state index contributed by atoms with van der Waals surface area (Å²) in [6.45, 7) is 0. The van der Waals surface area contributed by atoms with Crippen molar-refractivity contribution < 1.29 is 10.0 Å². The van der Waals surface area contributed by atoms with Crippen LogP contribution in [0.5, 0.6) is 0 Å². The van der Waals surface area contributed by atoms with E-state index < -0.39 is 7.12 Å². The monoisotopic (exact) mass is 380 g/mol. The minimum absolute atomic E-state index is 0.521. The lowest BCUT2D eigenvalue weighted by atomic mass is 9.80. The van der Waals surface area contributed by atoms with Gasteiger partial charge in [0.25, 0.3) is 0 Å². The second kappa shape index (κ2) is 6.91. The van der Waals surface area contributed by atoms with Gasteiger partial charge in [0, 0.05) is 20.2 Å². The third kappa shape index (κ3) is 2.92. The quantitative estimate of drug-likeness (QED) is 0.429. The summed E-state index contributed by atoms with van der Waals surface area (Å²) in [5, 5.41) is 21.3. The van der Waals surface area contributed by atoms with Gasteiger partial charge in [-0.15, -0.1) is 11.3 Å². The van der Waals surface area contributed by atoms with Gasteiger partial charge in [-0.05, 0) is 39.8 Å². The summed E-state index contributed by atoms with van der Waals surface area (Å²) >= 11 is 1.68. The number of rotatable bonds is 3. The van der Waals surface area contributed by atoms with E-state index in [9.17, 15) is 10.0 Å². The highest BCUT2D eigenvalue weighted by Gasteiger charge is 2.15. The first-order chi connectivity index (χ1) is 13.7. The Morgan fingerprint density at radius 1 is 0.607 bits per heavy atom. The number of benzene rings is 4. The molecule has 0 aliphatic rings. The largest absolute Gasteiger partial charge is 0.488 e. The predicted octanol–water partition coefficient (Wildman–Crippen LogP) is 5.07. The lowest BCUT2D eigenvalue weighted by Gasteiger charge is -2.07. The summed E-state index contributed by atoms with van der Waals surface area (Å²) in [7, 11) is -1.44. The molecular weight excluding hydrogens is 363 g/mol. The Labute approximate surface area is 167 Å². The van der Waals surface area contributed by atoms with Crippen LogP contribution in [0.25, 0.3) is 42.4 Å². The molecule has 0 spiro atoms. The SMILES string of the molecule is OB(O)c1ccc2c(c1)sc1cccc(-c3ccc(-c4ccccc4)cc3)c12. The van der Waals surface area contributed by atoms with Gasteiger partial charge in [0.2, 0.25) is 0 Å². The Kier molecular flexibility index (Phi) is 4.25. The van der Waals surface area contributed by atoms with Gasteiger partial charge < -0.3 is 10.0 Å². The second-order valence-electron chi connectivity index (χ2n) is 6.85. The van der Waals surface area contributed by atoms with E-state index in [-0.39, 0.29) is 0 Å². The lowest BCUT2D eigenvalue weighted by molar-refractivity contribution is 0.426. The average molecular weight is 380 g/mol. The molecule has 0 amide bonds. The topological polar surface area (TPSA) is 40.5 Å². The summed E-state index contributed by atoms with van der Waals surface area (Å²) < 4.78 is 2.26. The van der Waals surface area contributed by atoms with E-state index in [1.165, 1.54) is 32.3 Å². The van der Waals surface area contributed by atoms with Crippen LogP contribution in [-0.4, -0.2) is 17.2 Å². The van der Waals surface area contributed by atoms with Crippen molar-refractivity contribution in [2.75, 3.05) is 0 Å². The van der Waals surface area contributed by atoms with Gasteiger partial charge >= 0.3 is 7.12 Å². The molecule has 0 aliphatic heterocycles. The molecule has 4 aromatic carbocycles. The van der Waals surface area contributed by atoms with Crippen molar-refractivity contribution in [3.63, 3.8) is 0 Å². The Morgan fingerprint density at radius 2 is 1.32 bits per heavy atom. The second-order valence-corrected chi connectivity index (χ2v) is 7.94. The highest BCUT2D eigenvalue weighted by molar-refractivity contribution is 7.26. The van der Waals surface area contributed by atoms with E-state index in [2.05, 4.69) is 66.7 Å². The molecule has 134 valence electrons. The molecule has 4 heteroatoms. The molecule has 0 aliphatic carbocycles. The van der Waals surface area contributed by atoms with Crippen LogP contribution in [-0.2, 0) is 0 Å². The van der Waals surface area contributed by atoms with Crippen molar-refractivity contribution >= 4 is 44.1 Å². The van der Waals surface area contributed by atoms with Crippen molar-refractivity contribution in [3.8, 4) is 22.3 Å². The molecule has 0 saturated carbocycles. The summed E-state index contributed by atoms with van der Waals surface area (Å²) in [6, 6.07) is 31.1. The molecule has 1 aromatic heterocycles. The first kappa shape index (κ1) is 17.2. The van der Waals surface area contributed by atoms with Crippen LogP contribution in [0.15, 0.2) is 91.0 Å². The predicted molar refractivity (Wildman–Crippen MR) is 120 cm³/mol. The maximum atomic E-state index is 9.47. The number of thiophene rings is 1. The molecule has 28 heavy (non-hydrogen) atoms. The summed E-state index contributed by atoms with van der Waals surface area (Å²) in [5.74, 6) is 0. The van der Waals surface area contributed by atoms with E-state index >= 15 is 0 Å². The normalized spacial score (nSPS) is 11.2. The lowest BCUT2D eigenvalue weighted by Crippen LogP contribution is -2.29. The molecule has 5 aromatic rings. The fourth-order valence-electron chi connectivity index (χ4n) is 3.72. The average Bonchev–Trinajstić information content (AvgIpc) is 3.12. The van der Waals surface area contributed by atoms with Crippen molar-refractivity contribution in [3.05, 3.63) is 91.0 Å². The number of hydrogen-bond donors (Lipinski definition) is 2. The molecule has 0 fully saturated rings. The van der Waals surface area contributed by atoms with Gasteiger partial charge in [-0.3, -0.25) is 0 Å². The van der Waals surface area contributed by atoms with Crippen LogP contribution < -0.4 is 5.46 Å². The Morgan fingerprint density at radius 3 is 2.07 bits per heavy atom. The van der Waals surface area contributed by atoms with Crippen LogP contribution >= 0.6 is 11.3 Å². The summed E-state index contributed by atoms with van der Waals surface area (Å²) in [5.41, 5.74) is 5.31. The molecule has 1 heterocycles. The smallest absolute Gasteiger partial charge is 0.423 e. The van der Waals surface area contributed by atoms with Gasteiger partial charge in [0.1, 0.15) is 0 Å². The molecule has 2 N–H and O–H groups in total. The van der Waals surface area contributed by atoms with E-state index in [0.29, 0.717) is 5.46 Å². The van der Waals surface area contributed by atoms with Gasteiger partial charge in [0.05, 0.1) is 0 Å². The fraction of sp³-hybridized carbons (Fsp3) is 0. The van der Waals surface area contributed by atoms with Gasteiger partial charge in [-0.25, -0.2) is 0 Å². The molecular formula is C24H17BO2S. The molecule has 0 radical (unpaired) electrons. The number of fused-ring (bicyclic) bond motifs is 3. The first-order valence-corrected chi connectivity index (χ1v) is 9.99. The molecule has 0 bridgehead atoms. The summed E-state index contributed by atoms with van der Waals surface area (Å²) in [6.07, 6.45) is 0. The van der Waals surface area contributed by atoms with Gasteiger partial charge in [-0.2, -0.15) is 0 Å². The molecule has 0 unspecified atom stereocenters. The van der Waals surface area contributed by atoms with E-state index in [4.69, 9.17) is 0 Å². The third-order valence-electron chi connectivity index (χ3n) is 5.12. The molecule has 0 saturated heterocycles. The van der Waals surface area contributed by atoms with Crippen LogP contribution in [0.3, 0.4) is 0 Å². The van der Waals surface area contributed by atoms with E-state index in [1.54, 1.807) is 17.4 Å². The van der Waals surface area contributed by atoms with Crippen LogP contribution in [0.1, 0.15) is 0 Å². The zero-order valence-corrected chi connectivity index (χ0v) is 15.9. The van der Waals surface area contributed by atoms with Crippen molar-refractivity contribution in [1.82, 2.24) is 0 Å². The highest BCUT2D eigenvalue weighted by atomic mass is 32.1. The third-order valence-corrected chi connectivity index (χ3v) is 6.24. The Bertz CT molecular complexity index is 1280. The van der Waals surface area contributed by atoms with E-state index in [1.807, 2.05) is 18.2 Å². The maximum absolute atomic E-state index is 9.47. The molecule has 0 atom stereocenters. The first-order valence-electron chi connectivity index (χ1n) is 9.18. The van der Waals surface area contributed by atoms with Crippen LogP contribution in [0.2, 0.25) is 0 Å². The fourth-order valence-corrected chi connectivity index (χ4v) is 4.90. The molecule has 5 rings (SSSR count).